The summed E-state index contributed by atoms with van der Waals surface area (Å²) >= 11 is 0. The number of hydrogen-bond acceptors (Lipinski definition) is 5. The molecule has 2 aromatic rings. The van der Waals surface area contributed by atoms with E-state index in [1.807, 2.05) is 12.1 Å². The van der Waals surface area contributed by atoms with E-state index in [1.165, 1.54) is 32.1 Å². The second kappa shape index (κ2) is 8.60. The lowest BCUT2D eigenvalue weighted by molar-refractivity contribution is -0.0933. The highest BCUT2D eigenvalue weighted by Gasteiger charge is 2.50. The zero-order chi connectivity index (χ0) is 25.3. The number of allylic oxidation sites excluding steroid dienone is 2. The number of fused-ring (bicyclic) bond motifs is 3. The average Bonchev–Trinajstić information content (AvgIpc) is 3.35. The number of primary sulfonamides is 1. The van der Waals surface area contributed by atoms with E-state index in [0.29, 0.717) is 11.8 Å². The Hall–Kier alpha value is -2.84. The van der Waals surface area contributed by atoms with Crippen molar-refractivity contribution in [2.45, 2.75) is 61.5 Å². The number of hydrogen-bond donors (Lipinski definition) is 3. The molecule has 0 radical (unpaired) electrons. The van der Waals surface area contributed by atoms with E-state index in [1.54, 1.807) is 18.2 Å². The van der Waals surface area contributed by atoms with Gasteiger partial charge in [0.1, 0.15) is 6.10 Å². The Morgan fingerprint density at radius 1 is 0.973 bits per heavy atom. The molecule has 4 saturated carbocycles. The van der Waals surface area contributed by atoms with Crippen LogP contribution < -0.4 is 15.8 Å². The van der Waals surface area contributed by atoms with Gasteiger partial charge in [0.15, 0.2) is 0 Å². The maximum Gasteiger partial charge on any atom is 0.411 e. The van der Waals surface area contributed by atoms with E-state index in [9.17, 15) is 13.2 Å². The number of carbonyl (C=O) groups excluding carboxylic acids is 1. The Morgan fingerprint density at radius 2 is 1.68 bits per heavy atom. The van der Waals surface area contributed by atoms with Gasteiger partial charge in [-0.1, -0.05) is 24.3 Å². The van der Waals surface area contributed by atoms with E-state index >= 15 is 0 Å². The molecule has 4 fully saturated rings. The molecule has 0 saturated heterocycles. The summed E-state index contributed by atoms with van der Waals surface area (Å²) in [5.41, 5.74) is 3.74. The SMILES string of the molecule is NS(=O)(=O)c1ccc2c(c1)[C@H]1C=CC[C@H]1[C@@H](c1ccc(NC(=O)OC3C4CC5CC(C4)CC3C5)cc1)N2. The summed E-state index contributed by atoms with van der Waals surface area (Å²) < 4.78 is 29.7. The Balaban J connectivity index is 1.05. The number of nitrogens with two attached hydrogens (primary N) is 1. The quantitative estimate of drug-likeness (QED) is 0.460. The largest absolute Gasteiger partial charge is 0.445 e. The van der Waals surface area contributed by atoms with Gasteiger partial charge < -0.3 is 10.1 Å². The standard InChI is InChI=1S/C29H33N3O4S/c30-37(34,35)22-8-9-26-25(15-22)23-2-1-3-24(23)27(32-26)18-4-6-21(7-5-18)31-29(33)36-28-19-11-16-10-17(13-19)14-20(28)12-16/h1-2,4-9,15-17,19-20,23-24,27-28,32H,3,10-14H2,(H,31,33)(H2,30,34,35)/t16?,17?,19?,20?,23-,24+,27+,28?/m0/s1. The molecule has 4 N–H and O–H groups in total. The topological polar surface area (TPSA) is 111 Å². The minimum atomic E-state index is -3.76. The van der Waals surface area contributed by atoms with Crippen molar-refractivity contribution in [3.8, 4) is 0 Å². The lowest BCUT2D eigenvalue weighted by atomic mass is 9.55. The van der Waals surface area contributed by atoms with Gasteiger partial charge in [0.05, 0.1) is 10.9 Å². The highest BCUT2D eigenvalue weighted by Crippen LogP contribution is 2.55. The van der Waals surface area contributed by atoms with E-state index < -0.39 is 10.0 Å². The Morgan fingerprint density at radius 3 is 2.35 bits per heavy atom. The maximum absolute atomic E-state index is 12.8. The molecular formula is C29H33N3O4S. The van der Waals surface area contributed by atoms with Crippen LogP contribution in [0.1, 0.15) is 61.6 Å². The van der Waals surface area contributed by atoms with Crippen LogP contribution in [0.2, 0.25) is 0 Å². The van der Waals surface area contributed by atoms with Gasteiger partial charge in [-0.3, -0.25) is 5.32 Å². The van der Waals surface area contributed by atoms with Crippen LogP contribution in [-0.4, -0.2) is 20.6 Å². The molecule has 0 spiro atoms. The van der Waals surface area contributed by atoms with Crippen molar-refractivity contribution in [3.63, 3.8) is 0 Å². The van der Waals surface area contributed by atoms with E-state index in [0.717, 1.165) is 40.8 Å². The molecule has 0 aromatic heterocycles. The summed E-state index contributed by atoms with van der Waals surface area (Å²) in [6.45, 7) is 0. The van der Waals surface area contributed by atoms with Gasteiger partial charge in [0, 0.05) is 17.3 Å². The third kappa shape index (κ3) is 4.14. The first kappa shape index (κ1) is 23.3. The molecule has 7 nitrogen and oxygen atoms in total. The molecule has 194 valence electrons. The third-order valence-electron chi connectivity index (χ3n) is 9.56. The second-order valence-electron chi connectivity index (χ2n) is 11.8. The number of sulfonamides is 1. The number of anilines is 2. The number of ether oxygens (including phenoxy) is 1. The number of amides is 1. The van der Waals surface area contributed by atoms with Gasteiger partial charge >= 0.3 is 6.09 Å². The summed E-state index contributed by atoms with van der Waals surface area (Å²) in [5, 5.41) is 11.9. The molecule has 5 aliphatic carbocycles. The highest BCUT2D eigenvalue weighted by atomic mass is 32.2. The average molecular weight is 520 g/mol. The Bertz CT molecular complexity index is 1340. The summed E-state index contributed by atoms with van der Waals surface area (Å²) in [6, 6.07) is 13.1. The minimum Gasteiger partial charge on any atom is -0.445 e. The second-order valence-corrected chi connectivity index (χ2v) is 13.4. The molecule has 4 bridgehead atoms. The van der Waals surface area contributed by atoms with Crippen LogP contribution >= 0.6 is 0 Å². The fraction of sp³-hybridized carbons (Fsp3) is 0.483. The molecule has 0 unspecified atom stereocenters. The van der Waals surface area contributed by atoms with Gasteiger partial charge in [0.2, 0.25) is 10.0 Å². The molecule has 8 rings (SSSR count). The van der Waals surface area contributed by atoms with Crippen LogP contribution in [0.15, 0.2) is 59.5 Å². The number of benzene rings is 2. The number of rotatable bonds is 4. The minimum absolute atomic E-state index is 0.0696. The van der Waals surface area contributed by atoms with E-state index in [-0.39, 0.29) is 35.0 Å². The van der Waals surface area contributed by atoms with Crippen molar-refractivity contribution in [3.05, 3.63) is 65.7 Å². The lowest BCUT2D eigenvalue weighted by Gasteiger charge is -2.53. The van der Waals surface area contributed by atoms with Gasteiger partial charge in [-0.2, -0.15) is 0 Å². The summed E-state index contributed by atoms with van der Waals surface area (Å²) in [5.74, 6) is 3.17. The molecule has 3 atom stereocenters. The molecule has 1 amide bonds. The maximum atomic E-state index is 12.8. The van der Waals surface area contributed by atoms with Crippen LogP contribution in [-0.2, 0) is 14.8 Å². The normalized spacial score (nSPS) is 34.9. The third-order valence-corrected chi connectivity index (χ3v) is 10.5. The first-order chi connectivity index (χ1) is 17.8. The van der Waals surface area contributed by atoms with Crippen molar-refractivity contribution in [1.82, 2.24) is 0 Å². The van der Waals surface area contributed by atoms with Crippen molar-refractivity contribution < 1.29 is 17.9 Å². The zero-order valence-corrected chi connectivity index (χ0v) is 21.5. The predicted molar refractivity (Wildman–Crippen MR) is 142 cm³/mol. The molecule has 2 aromatic carbocycles. The number of carbonyl (C=O) groups is 1. The van der Waals surface area contributed by atoms with Crippen molar-refractivity contribution in [2.24, 2.45) is 34.7 Å². The van der Waals surface area contributed by atoms with E-state index in [2.05, 4.69) is 34.9 Å². The van der Waals surface area contributed by atoms with Crippen LogP contribution in [0.5, 0.6) is 0 Å². The smallest absolute Gasteiger partial charge is 0.411 e. The summed E-state index contributed by atoms with van der Waals surface area (Å²) in [4.78, 5) is 12.9. The van der Waals surface area contributed by atoms with Crippen LogP contribution in [0.4, 0.5) is 16.2 Å². The Kier molecular flexibility index (Phi) is 5.41. The first-order valence-corrected chi connectivity index (χ1v) is 15.0. The fourth-order valence-corrected chi connectivity index (χ4v) is 8.74. The molecule has 8 heteroatoms. The van der Waals surface area contributed by atoms with Gasteiger partial charge in [0.25, 0.3) is 0 Å². The molecular weight excluding hydrogens is 486 g/mol. The van der Waals surface area contributed by atoms with E-state index in [4.69, 9.17) is 9.88 Å². The Labute approximate surface area is 217 Å². The van der Waals surface area contributed by atoms with Crippen LogP contribution in [0, 0.1) is 29.6 Å². The predicted octanol–water partition coefficient (Wildman–Crippen LogP) is 5.53. The fourth-order valence-electron chi connectivity index (χ4n) is 8.19. The summed E-state index contributed by atoms with van der Waals surface area (Å²) in [6.07, 6.45) is 11.2. The van der Waals surface area contributed by atoms with Gasteiger partial charge in [-0.05, 0) is 110 Å². The van der Waals surface area contributed by atoms with Crippen molar-refractivity contribution >= 4 is 27.5 Å². The monoisotopic (exact) mass is 519 g/mol. The van der Waals surface area contributed by atoms with Gasteiger partial charge in [-0.25, -0.2) is 18.4 Å². The molecule has 1 aliphatic heterocycles. The molecule has 37 heavy (non-hydrogen) atoms. The van der Waals surface area contributed by atoms with Crippen molar-refractivity contribution in [2.75, 3.05) is 10.6 Å². The summed E-state index contributed by atoms with van der Waals surface area (Å²) in [7, 11) is -3.76. The van der Waals surface area contributed by atoms with Crippen LogP contribution in [0.3, 0.4) is 0 Å². The highest BCUT2D eigenvalue weighted by molar-refractivity contribution is 7.89. The van der Waals surface area contributed by atoms with Gasteiger partial charge in [-0.15, -0.1) is 0 Å². The zero-order valence-electron chi connectivity index (χ0n) is 20.7. The molecule has 6 aliphatic rings. The number of nitrogens with one attached hydrogen (secondary N) is 2. The van der Waals surface area contributed by atoms with Crippen LogP contribution in [0.25, 0.3) is 0 Å². The van der Waals surface area contributed by atoms with Crippen molar-refractivity contribution in [1.29, 1.82) is 0 Å². The molecule has 1 heterocycles. The lowest BCUT2D eigenvalue weighted by Crippen LogP contribution is -2.50. The first-order valence-electron chi connectivity index (χ1n) is 13.5.